The van der Waals surface area contributed by atoms with Crippen molar-refractivity contribution in [3.63, 3.8) is 0 Å². The van der Waals surface area contributed by atoms with Crippen LogP contribution in [-0.4, -0.2) is 5.16 Å². The summed E-state index contributed by atoms with van der Waals surface area (Å²) < 4.78 is 5.19. The highest BCUT2D eigenvalue weighted by Crippen LogP contribution is 2.39. The zero-order valence-electron chi connectivity index (χ0n) is 7.25. The van der Waals surface area contributed by atoms with E-state index in [0.29, 0.717) is 5.02 Å². The zero-order valence-corrected chi connectivity index (χ0v) is 8.01. The first-order valence-electron chi connectivity index (χ1n) is 4.32. The van der Waals surface area contributed by atoms with Crippen LogP contribution in [-0.2, 0) is 6.54 Å². The summed E-state index contributed by atoms with van der Waals surface area (Å²) in [5.74, 6) is 0.782. The Balaban J connectivity index is 2.34. The van der Waals surface area contributed by atoms with Crippen molar-refractivity contribution in [1.29, 1.82) is 0 Å². The molecule has 0 bridgehead atoms. The van der Waals surface area contributed by atoms with Crippen molar-refractivity contribution in [3.8, 4) is 11.3 Å². The van der Waals surface area contributed by atoms with E-state index in [1.807, 2.05) is 18.2 Å². The Labute approximate surface area is 85.7 Å². The Bertz CT molecular complexity index is 493. The van der Waals surface area contributed by atoms with Gasteiger partial charge < -0.3 is 9.84 Å². The van der Waals surface area contributed by atoms with Crippen molar-refractivity contribution in [3.05, 3.63) is 35.0 Å². The highest BCUT2D eigenvalue weighted by atomic mass is 35.5. The first kappa shape index (κ1) is 7.88. The summed E-state index contributed by atoms with van der Waals surface area (Å²) >= 11 is 6.10. The molecule has 14 heavy (non-hydrogen) atoms. The van der Waals surface area contributed by atoms with Crippen LogP contribution in [0.1, 0.15) is 5.56 Å². The fraction of sp³-hybridized carbons (Fsp3) is 0.100. The Morgan fingerprint density at radius 3 is 3.29 bits per heavy atom. The number of anilines is 1. The molecule has 3 nitrogen and oxygen atoms in total. The molecule has 0 unspecified atom stereocenters. The fourth-order valence-corrected chi connectivity index (χ4v) is 1.95. The molecule has 3 rings (SSSR count). The summed E-state index contributed by atoms with van der Waals surface area (Å²) in [5, 5.41) is 7.72. The van der Waals surface area contributed by atoms with Gasteiger partial charge in [0.2, 0.25) is 0 Å². The van der Waals surface area contributed by atoms with Gasteiger partial charge in [0, 0.05) is 17.8 Å². The largest absolute Gasteiger partial charge is 0.380 e. The number of benzene rings is 1. The Hall–Kier alpha value is -1.48. The molecule has 0 amide bonds. The molecule has 2 heterocycles. The molecular weight excluding hydrogens is 200 g/mol. The van der Waals surface area contributed by atoms with Crippen LogP contribution in [0.3, 0.4) is 0 Å². The quantitative estimate of drug-likeness (QED) is 0.720. The smallest absolute Gasteiger partial charge is 0.175 e. The Kier molecular flexibility index (Phi) is 1.55. The highest BCUT2D eigenvalue weighted by molar-refractivity contribution is 6.34. The van der Waals surface area contributed by atoms with Crippen LogP contribution in [0, 0.1) is 0 Å². The minimum atomic E-state index is 0.688. The van der Waals surface area contributed by atoms with Crippen LogP contribution in [0.25, 0.3) is 11.3 Å². The molecule has 70 valence electrons. The summed E-state index contributed by atoms with van der Waals surface area (Å²) in [5.41, 5.74) is 2.96. The topological polar surface area (TPSA) is 38.1 Å². The third kappa shape index (κ3) is 0.960. The van der Waals surface area contributed by atoms with Crippen LogP contribution >= 0.6 is 11.6 Å². The molecule has 4 heteroatoms. The van der Waals surface area contributed by atoms with Crippen molar-refractivity contribution in [1.82, 2.24) is 5.16 Å². The van der Waals surface area contributed by atoms with Crippen molar-refractivity contribution >= 4 is 17.3 Å². The van der Waals surface area contributed by atoms with Crippen LogP contribution in [0.5, 0.6) is 0 Å². The molecule has 0 saturated heterocycles. The van der Waals surface area contributed by atoms with E-state index in [9.17, 15) is 0 Å². The number of hydrogen-bond acceptors (Lipinski definition) is 3. The molecule has 1 aromatic carbocycles. The third-order valence-corrected chi connectivity index (χ3v) is 2.67. The lowest BCUT2D eigenvalue weighted by Gasteiger charge is -2.16. The van der Waals surface area contributed by atoms with Crippen LogP contribution in [0.4, 0.5) is 5.69 Å². The standard InChI is InChI=1S/C10H7ClN2O/c11-7-2-1-3-8-9(7)10-6(4-12-8)5-13-14-10/h1-3,5,12H,4H2. The summed E-state index contributed by atoms with van der Waals surface area (Å²) in [7, 11) is 0. The third-order valence-electron chi connectivity index (χ3n) is 2.35. The van der Waals surface area contributed by atoms with Gasteiger partial charge in [-0.15, -0.1) is 0 Å². The molecule has 1 aliphatic rings. The van der Waals surface area contributed by atoms with E-state index in [0.717, 1.165) is 29.1 Å². The number of nitrogens with one attached hydrogen (secondary N) is 1. The first-order valence-corrected chi connectivity index (χ1v) is 4.70. The van der Waals surface area contributed by atoms with Gasteiger partial charge in [-0.05, 0) is 12.1 Å². The predicted molar refractivity (Wildman–Crippen MR) is 54.3 cm³/mol. The lowest BCUT2D eigenvalue weighted by molar-refractivity contribution is 0.431. The van der Waals surface area contributed by atoms with E-state index in [4.69, 9.17) is 16.1 Å². The average molecular weight is 207 g/mol. The van der Waals surface area contributed by atoms with Crippen LogP contribution < -0.4 is 5.32 Å². The Morgan fingerprint density at radius 1 is 1.43 bits per heavy atom. The molecule has 0 atom stereocenters. The second-order valence-corrected chi connectivity index (χ2v) is 3.60. The highest BCUT2D eigenvalue weighted by Gasteiger charge is 2.21. The molecule has 1 N–H and O–H groups in total. The normalized spacial score (nSPS) is 12.9. The molecule has 0 saturated carbocycles. The van der Waals surface area contributed by atoms with E-state index in [1.165, 1.54) is 0 Å². The van der Waals surface area contributed by atoms with Crippen LogP contribution in [0.15, 0.2) is 28.9 Å². The number of rotatable bonds is 0. The number of nitrogens with zero attached hydrogens (tertiary/aromatic N) is 1. The van der Waals surface area contributed by atoms with E-state index in [-0.39, 0.29) is 0 Å². The second kappa shape index (κ2) is 2.75. The number of aromatic nitrogens is 1. The van der Waals surface area contributed by atoms with Gasteiger partial charge >= 0.3 is 0 Å². The molecule has 0 aliphatic carbocycles. The maximum atomic E-state index is 6.10. The van der Waals surface area contributed by atoms with Gasteiger partial charge in [0.25, 0.3) is 0 Å². The van der Waals surface area contributed by atoms with Gasteiger partial charge in [-0.3, -0.25) is 0 Å². The maximum Gasteiger partial charge on any atom is 0.175 e. The first-order chi connectivity index (χ1) is 6.86. The predicted octanol–water partition coefficient (Wildman–Crippen LogP) is 2.92. The van der Waals surface area contributed by atoms with E-state index >= 15 is 0 Å². The van der Waals surface area contributed by atoms with Gasteiger partial charge in [-0.1, -0.05) is 22.8 Å². The van der Waals surface area contributed by atoms with Gasteiger partial charge in [-0.25, -0.2) is 0 Å². The lowest BCUT2D eigenvalue weighted by atomic mass is 10.0. The fourth-order valence-electron chi connectivity index (χ4n) is 1.68. The SMILES string of the molecule is Clc1cccc2c1-c1oncc1CN2. The molecular formula is C10H7ClN2O. The maximum absolute atomic E-state index is 6.10. The number of halogens is 1. The van der Waals surface area contributed by atoms with E-state index in [2.05, 4.69) is 10.5 Å². The van der Waals surface area contributed by atoms with Crippen molar-refractivity contribution in [2.75, 3.05) is 5.32 Å². The van der Waals surface area contributed by atoms with Crippen molar-refractivity contribution in [2.24, 2.45) is 0 Å². The summed E-state index contributed by atoms with van der Waals surface area (Å²) in [6.45, 7) is 0.742. The molecule has 1 aromatic heterocycles. The summed E-state index contributed by atoms with van der Waals surface area (Å²) in [4.78, 5) is 0. The zero-order chi connectivity index (χ0) is 9.54. The van der Waals surface area contributed by atoms with Crippen LogP contribution in [0.2, 0.25) is 5.02 Å². The van der Waals surface area contributed by atoms with Gasteiger partial charge in [-0.2, -0.15) is 0 Å². The minimum Gasteiger partial charge on any atom is -0.380 e. The minimum absolute atomic E-state index is 0.688. The molecule has 2 aromatic rings. The van der Waals surface area contributed by atoms with Gasteiger partial charge in [0.15, 0.2) is 5.76 Å². The molecule has 0 radical (unpaired) electrons. The molecule has 1 aliphatic heterocycles. The molecule has 0 spiro atoms. The summed E-state index contributed by atoms with van der Waals surface area (Å²) in [6.07, 6.45) is 1.72. The van der Waals surface area contributed by atoms with Gasteiger partial charge in [0.05, 0.1) is 16.8 Å². The lowest BCUT2D eigenvalue weighted by Crippen LogP contribution is -2.06. The van der Waals surface area contributed by atoms with Crippen molar-refractivity contribution < 1.29 is 4.52 Å². The van der Waals surface area contributed by atoms with Crippen molar-refractivity contribution in [2.45, 2.75) is 6.54 Å². The van der Waals surface area contributed by atoms with E-state index < -0.39 is 0 Å². The van der Waals surface area contributed by atoms with Gasteiger partial charge in [0.1, 0.15) is 0 Å². The number of hydrogen-bond donors (Lipinski definition) is 1. The monoisotopic (exact) mass is 206 g/mol. The Morgan fingerprint density at radius 2 is 2.36 bits per heavy atom. The molecule has 0 fully saturated rings. The van der Waals surface area contributed by atoms with E-state index in [1.54, 1.807) is 6.20 Å². The number of fused-ring (bicyclic) bond motifs is 3. The second-order valence-electron chi connectivity index (χ2n) is 3.20. The average Bonchev–Trinajstić information content (AvgIpc) is 2.65. The summed E-state index contributed by atoms with van der Waals surface area (Å²) in [6, 6.07) is 5.74.